The predicted octanol–water partition coefficient (Wildman–Crippen LogP) is 4.79. The van der Waals surface area contributed by atoms with E-state index in [0.717, 1.165) is 16.8 Å². The lowest BCUT2D eigenvalue weighted by Crippen LogP contribution is -2.00. The van der Waals surface area contributed by atoms with Crippen molar-refractivity contribution in [3.8, 4) is 0 Å². The van der Waals surface area contributed by atoms with Gasteiger partial charge >= 0.3 is 0 Å². The van der Waals surface area contributed by atoms with Crippen LogP contribution in [0, 0.1) is 6.92 Å². The van der Waals surface area contributed by atoms with E-state index in [1.807, 2.05) is 36.4 Å². The summed E-state index contributed by atoms with van der Waals surface area (Å²) in [5.74, 6) is 0. The van der Waals surface area contributed by atoms with E-state index in [2.05, 4.69) is 12.2 Å². The third-order valence-electron chi connectivity index (χ3n) is 2.42. The number of halogens is 2. The summed E-state index contributed by atoms with van der Waals surface area (Å²) >= 11 is 11.9. The van der Waals surface area contributed by atoms with Gasteiger partial charge in [0.2, 0.25) is 0 Å². The van der Waals surface area contributed by atoms with Gasteiger partial charge in [0.25, 0.3) is 0 Å². The van der Waals surface area contributed by atoms with Gasteiger partial charge in [-0.05, 0) is 42.3 Å². The first kappa shape index (κ1) is 12.3. The van der Waals surface area contributed by atoms with Crippen molar-refractivity contribution in [1.82, 2.24) is 0 Å². The Hall–Kier alpha value is -1.18. The molecule has 0 unspecified atom stereocenters. The molecule has 1 radical (unpaired) electrons. The summed E-state index contributed by atoms with van der Waals surface area (Å²) in [6.07, 6.45) is 0. The van der Waals surface area contributed by atoms with Crippen LogP contribution in [-0.2, 0) is 6.54 Å². The smallest absolute Gasteiger partial charge is 0.0424 e. The molecular formula is C14H12Cl2N. The van der Waals surface area contributed by atoms with E-state index in [0.29, 0.717) is 16.6 Å². The third-order valence-corrected chi connectivity index (χ3v) is 2.86. The van der Waals surface area contributed by atoms with Crippen LogP contribution in [0.25, 0.3) is 0 Å². The molecule has 3 heteroatoms. The van der Waals surface area contributed by atoms with Crippen LogP contribution in [0.2, 0.25) is 10.0 Å². The van der Waals surface area contributed by atoms with Gasteiger partial charge in [0, 0.05) is 22.3 Å². The van der Waals surface area contributed by atoms with Crippen molar-refractivity contribution in [2.75, 3.05) is 5.32 Å². The quantitative estimate of drug-likeness (QED) is 0.841. The summed E-state index contributed by atoms with van der Waals surface area (Å²) in [4.78, 5) is 0. The SMILES string of the molecule is [CH2]c1ccccc1NCc1cc(Cl)cc(Cl)c1. The Morgan fingerprint density at radius 2 is 1.65 bits per heavy atom. The number of anilines is 1. The second-order valence-corrected chi connectivity index (χ2v) is 4.66. The molecule has 0 aliphatic carbocycles. The van der Waals surface area contributed by atoms with Crippen molar-refractivity contribution in [2.45, 2.75) is 6.54 Å². The predicted molar refractivity (Wildman–Crippen MR) is 74.7 cm³/mol. The van der Waals surface area contributed by atoms with Crippen molar-refractivity contribution < 1.29 is 0 Å². The molecule has 2 aromatic rings. The fourth-order valence-electron chi connectivity index (χ4n) is 1.60. The molecule has 0 spiro atoms. The number of nitrogens with one attached hydrogen (secondary N) is 1. The molecule has 2 rings (SSSR count). The molecule has 0 aliphatic heterocycles. The summed E-state index contributed by atoms with van der Waals surface area (Å²) < 4.78 is 0. The number of hydrogen-bond acceptors (Lipinski definition) is 1. The Morgan fingerprint density at radius 3 is 2.29 bits per heavy atom. The number of rotatable bonds is 3. The largest absolute Gasteiger partial charge is 0.381 e. The summed E-state index contributed by atoms with van der Waals surface area (Å²) in [6, 6.07) is 13.4. The molecule has 0 fully saturated rings. The van der Waals surface area contributed by atoms with E-state index in [-0.39, 0.29) is 0 Å². The van der Waals surface area contributed by atoms with Gasteiger partial charge in [-0.25, -0.2) is 0 Å². The molecule has 0 aromatic heterocycles. The Balaban J connectivity index is 2.10. The molecule has 0 amide bonds. The van der Waals surface area contributed by atoms with E-state index in [9.17, 15) is 0 Å². The maximum absolute atomic E-state index is 5.94. The zero-order valence-corrected chi connectivity index (χ0v) is 10.7. The van der Waals surface area contributed by atoms with Gasteiger partial charge in [0.15, 0.2) is 0 Å². The Bertz CT molecular complexity index is 503. The highest BCUT2D eigenvalue weighted by molar-refractivity contribution is 6.34. The van der Waals surface area contributed by atoms with Gasteiger partial charge in [0.1, 0.15) is 0 Å². The summed E-state index contributed by atoms with van der Waals surface area (Å²) in [5.41, 5.74) is 3.04. The second kappa shape index (κ2) is 5.44. The van der Waals surface area contributed by atoms with E-state index in [1.165, 1.54) is 0 Å². The number of para-hydroxylation sites is 1. The normalized spacial score (nSPS) is 10.3. The molecule has 0 aliphatic rings. The van der Waals surface area contributed by atoms with Gasteiger partial charge in [-0.2, -0.15) is 0 Å². The molecule has 0 saturated carbocycles. The van der Waals surface area contributed by atoms with Crippen molar-refractivity contribution in [3.63, 3.8) is 0 Å². The molecule has 0 heterocycles. The van der Waals surface area contributed by atoms with Crippen molar-refractivity contribution in [2.24, 2.45) is 0 Å². The minimum Gasteiger partial charge on any atom is -0.381 e. The fourth-order valence-corrected chi connectivity index (χ4v) is 2.17. The third kappa shape index (κ3) is 3.39. The van der Waals surface area contributed by atoms with E-state index in [4.69, 9.17) is 23.2 Å². The Morgan fingerprint density at radius 1 is 1.00 bits per heavy atom. The zero-order chi connectivity index (χ0) is 12.3. The van der Waals surface area contributed by atoms with E-state index < -0.39 is 0 Å². The lowest BCUT2D eigenvalue weighted by Gasteiger charge is -2.09. The molecule has 2 aromatic carbocycles. The number of hydrogen-bond donors (Lipinski definition) is 1. The lowest BCUT2D eigenvalue weighted by atomic mass is 10.2. The minimum absolute atomic E-state index is 0.650. The molecular weight excluding hydrogens is 253 g/mol. The molecule has 0 atom stereocenters. The molecule has 0 bridgehead atoms. The van der Waals surface area contributed by atoms with Crippen LogP contribution in [0.5, 0.6) is 0 Å². The van der Waals surface area contributed by atoms with Crippen LogP contribution in [-0.4, -0.2) is 0 Å². The van der Waals surface area contributed by atoms with Crippen LogP contribution in [0.1, 0.15) is 11.1 Å². The maximum atomic E-state index is 5.94. The van der Waals surface area contributed by atoms with Crippen LogP contribution < -0.4 is 5.32 Å². The monoisotopic (exact) mass is 264 g/mol. The van der Waals surface area contributed by atoms with Gasteiger partial charge in [-0.3, -0.25) is 0 Å². The highest BCUT2D eigenvalue weighted by Crippen LogP contribution is 2.20. The van der Waals surface area contributed by atoms with Crippen molar-refractivity contribution in [1.29, 1.82) is 0 Å². The summed E-state index contributed by atoms with van der Waals surface area (Å²) in [5, 5.41) is 4.60. The molecule has 1 N–H and O–H groups in total. The van der Waals surface area contributed by atoms with Crippen molar-refractivity contribution >= 4 is 28.9 Å². The van der Waals surface area contributed by atoms with Gasteiger partial charge in [0.05, 0.1) is 0 Å². The first-order valence-corrected chi connectivity index (χ1v) is 6.00. The standard InChI is InChI=1S/C14H12Cl2N/c1-10-4-2-3-5-14(10)17-9-11-6-12(15)8-13(16)7-11/h2-8,17H,1,9H2. The van der Waals surface area contributed by atoms with Crippen LogP contribution in [0.3, 0.4) is 0 Å². The zero-order valence-electron chi connectivity index (χ0n) is 9.21. The average Bonchev–Trinajstić information content (AvgIpc) is 2.27. The second-order valence-electron chi connectivity index (χ2n) is 3.79. The van der Waals surface area contributed by atoms with E-state index in [1.54, 1.807) is 6.07 Å². The van der Waals surface area contributed by atoms with Crippen LogP contribution >= 0.6 is 23.2 Å². The Labute approximate surface area is 111 Å². The van der Waals surface area contributed by atoms with Crippen LogP contribution in [0.15, 0.2) is 42.5 Å². The van der Waals surface area contributed by atoms with Gasteiger partial charge < -0.3 is 5.32 Å². The fraction of sp³-hybridized carbons (Fsp3) is 0.0714. The van der Waals surface area contributed by atoms with Crippen LogP contribution in [0.4, 0.5) is 5.69 Å². The first-order valence-electron chi connectivity index (χ1n) is 5.25. The molecule has 0 saturated heterocycles. The topological polar surface area (TPSA) is 12.0 Å². The highest BCUT2D eigenvalue weighted by Gasteiger charge is 2.00. The molecule has 17 heavy (non-hydrogen) atoms. The van der Waals surface area contributed by atoms with Gasteiger partial charge in [-0.1, -0.05) is 41.4 Å². The average molecular weight is 265 g/mol. The van der Waals surface area contributed by atoms with Crippen molar-refractivity contribution in [3.05, 3.63) is 70.6 Å². The Kier molecular flexibility index (Phi) is 3.93. The summed E-state index contributed by atoms with van der Waals surface area (Å²) in [7, 11) is 0. The summed E-state index contributed by atoms with van der Waals surface area (Å²) in [6.45, 7) is 4.63. The van der Waals surface area contributed by atoms with Gasteiger partial charge in [-0.15, -0.1) is 0 Å². The highest BCUT2D eigenvalue weighted by atomic mass is 35.5. The minimum atomic E-state index is 0.650. The van der Waals surface area contributed by atoms with E-state index >= 15 is 0 Å². The maximum Gasteiger partial charge on any atom is 0.0424 e. The molecule has 87 valence electrons. The first-order chi connectivity index (χ1) is 8.15. The lowest BCUT2D eigenvalue weighted by molar-refractivity contribution is 1.15. The molecule has 1 nitrogen and oxygen atoms in total. The number of benzene rings is 2.